The normalized spacial score (nSPS) is 41.8. The average molecular weight is 527 g/mol. The van der Waals surface area contributed by atoms with E-state index in [-0.39, 0.29) is 17.9 Å². The maximum absolute atomic E-state index is 15.9. The van der Waals surface area contributed by atoms with Crippen LogP contribution in [0.25, 0.3) is 0 Å². The van der Waals surface area contributed by atoms with E-state index < -0.39 is 54.6 Å². The predicted molar refractivity (Wildman–Crippen MR) is 117 cm³/mol. The monoisotopic (exact) mass is 526 g/mol. The molecule has 11 heteroatoms. The molecular weight excluding hydrogens is 491 g/mol. The van der Waals surface area contributed by atoms with Crippen molar-refractivity contribution in [1.82, 2.24) is 0 Å². The lowest BCUT2D eigenvalue weighted by atomic mass is 9.55. The van der Waals surface area contributed by atoms with Crippen molar-refractivity contribution in [1.29, 1.82) is 0 Å². The van der Waals surface area contributed by atoms with Crippen molar-refractivity contribution in [2.24, 2.45) is 29.1 Å². The summed E-state index contributed by atoms with van der Waals surface area (Å²) in [5, 5.41) is 0. The molecular formula is C25H35F5O6. The Morgan fingerprint density at radius 3 is 2.06 bits per heavy atom. The molecule has 0 amide bonds. The number of hydrogen-bond acceptors (Lipinski definition) is 6. The van der Waals surface area contributed by atoms with Crippen LogP contribution >= 0.6 is 0 Å². The molecule has 3 atom stereocenters. The van der Waals surface area contributed by atoms with Crippen LogP contribution in [0.2, 0.25) is 0 Å². The fourth-order valence-electron chi connectivity index (χ4n) is 6.45. The summed E-state index contributed by atoms with van der Waals surface area (Å²) < 4.78 is 101. The third kappa shape index (κ3) is 4.58. The Labute approximate surface area is 207 Å². The standard InChI is InChI=1S/C25H35F5O6/c1-6-18(31)32-12-22(5)23(26,27)24(25(28,29)30,36-20(35-22)21(2,3)4)34-13-33-19-16-8-14-7-15(10-16)11-17(19)9-14/h6,14-17,19-20H,1,7-13H2,2-5H3. The van der Waals surface area contributed by atoms with Gasteiger partial charge in [-0.1, -0.05) is 27.4 Å². The molecule has 3 unspecified atom stereocenters. The number of carbonyl (C=O) groups is 1. The van der Waals surface area contributed by atoms with E-state index in [2.05, 4.69) is 6.58 Å². The predicted octanol–water partition coefficient (Wildman–Crippen LogP) is 5.60. The van der Waals surface area contributed by atoms with Crippen molar-refractivity contribution in [3.05, 3.63) is 12.7 Å². The zero-order chi connectivity index (χ0) is 26.7. The molecule has 0 radical (unpaired) electrons. The quantitative estimate of drug-likeness (QED) is 0.186. The molecule has 4 bridgehead atoms. The second-order valence-electron chi connectivity index (χ2n) is 12.0. The Bertz CT molecular complexity index is 827. The van der Waals surface area contributed by atoms with Gasteiger partial charge in [0.15, 0.2) is 18.7 Å². The molecule has 0 N–H and O–H groups in total. The van der Waals surface area contributed by atoms with E-state index in [4.69, 9.17) is 23.7 Å². The first kappa shape index (κ1) is 27.7. The van der Waals surface area contributed by atoms with Crippen LogP contribution in [0, 0.1) is 29.1 Å². The lowest BCUT2D eigenvalue weighted by Gasteiger charge is -2.56. The van der Waals surface area contributed by atoms with Gasteiger partial charge in [0.25, 0.3) is 0 Å². The van der Waals surface area contributed by atoms with Crippen molar-refractivity contribution in [3.63, 3.8) is 0 Å². The Kier molecular flexibility index (Phi) is 7.06. The van der Waals surface area contributed by atoms with Gasteiger partial charge < -0.3 is 23.7 Å². The van der Waals surface area contributed by atoms with Crippen LogP contribution in [0.5, 0.6) is 0 Å². The Morgan fingerprint density at radius 1 is 1.03 bits per heavy atom. The highest BCUT2D eigenvalue weighted by molar-refractivity contribution is 5.81. The summed E-state index contributed by atoms with van der Waals surface area (Å²) in [6.45, 7) is 6.13. The zero-order valence-corrected chi connectivity index (χ0v) is 21.0. The van der Waals surface area contributed by atoms with Gasteiger partial charge in [0.05, 0.1) is 6.10 Å². The molecule has 5 fully saturated rings. The molecule has 0 aromatic heterocycles. The third-order valence-electron chi connectivity index (χ3n) is 8.12. The molecule has 4 aliphatic carbocycles. The minimum Gasteiger partial charge on any atom is -0.459 e. The third-order valence-corrected chi connectivity index (χ3v) is 8.12. The molecule has 4 saturated carbocycles. The summed E-state index contributed by atoms with van der Waals surface area (Å²) in [5.74, 6) is -8.72. The lowest BCUT2D eigenvalue weighted by Crippen LogP contribution is -2.77. The minimum absolute atomic E-state index is 0.189. The number of hydrogen-bond donors (Lipinski definition) is 0. The van der Waals surface area contributed by atoms with Crippen LogP contribution in [0.1, 0.15) is 59.8 Å². The summed E-state index contributed by atoms with van der Waals surface area (Å²) in [4.78, 5) is 11.6. The number of halogens is 5. The van der Waals surface area contributed by atoms with Crippen LogP contribution in [0.15, 0.2) is 12.7 Å². The number of ether oxygens (including phenoxy) is 5. The lowest BCUT2D eigenvalue weighted by molar-refractivity contribution is -0.543. The Morgan fingerprint density at radius 2 is 1.58 bits per heavy atom. The molecule has 6 nitrogen and oxygen atoms in total. The summed E-state index contributed by atoms with van der Waals surface area (Å²) in [5.41, 5.74) is -4.09. The van der Waals surface area contributed by atoms with Crippen LogP contribution in [0.3, 0.4) is 0 Å². The van der Waals surface area contributed by atoms with Gasteiger partial charge in [0.2, 0.25) is 0 Å². The number of carbonyl (C=O) groups excluding carboxylic acids is 1. The molecule has 206 valence electrons. The van der Waals surface area contributed by atoms with Gasteiger partial charge in [-0.05, 0) is 62.7 Å². The van der Waals surface area contributed by atoms with Crippen molar-refractivity contribution in [2.45, 2.75) is 95.7 Å². The molecule has 0 aromatic rings. The van der Waals surface area contributed by atoms with Crippen molar-refractivity contribution < 1.29 is 50.4 Å². The summed E-state index contributed by atoms with van der Waals surface area (Å²) >= 11 is 0. The van der Waals surface area contributed by atoms with E-state index >= 15 is 8.78 Å². The van der Waals surface area contributed by atoms with Gasteiger partial charge in [-0.15, -0.1) is 0 Å². The van der Waals surface area contributed by atoms with Crippen molar-refractivity contribution >= 4 is 5.97 Å². The second kappa shape index (κ2) is 9.17. The largest absolute Gasteiger partial charge is 0.459 e. The Hall–Kier alpha value is -1.30. The molecule has 1 aliphatic heterocycles. The zero-order valence-electron chi connectivity index (χ0n) is 21.0. The highest BCUT2D eigenvalue weighted by Gasteiger charge is 2.83. The first-order valence-corrected chi connectivity index (χ1v) is 12.4. The highest BCUT2D eigenvalue weighted by Crippen LogP contribution is 2.58. The van der Waals surface area contributed by atoms with Crippen LogP contribution in [0.4, 0.5) is 22.0 Å². The average Bonchev–Trinajstić information content (AvgIpc) is 2.74. The topological polar surface area (TPSA) is 63.2 Å². The molecule has 0 spiro atoms. The summed E-state index contributed by atoms with van der Waals surface area (Å²) in [6.07, 6.45) is -2.17. The van der Waals surface area contributed by atoms with Crippen LogP contribution in [-0.4, -0.2) is 55.3 Å². The second-order valence-corrected chi connectivity index (χ2v) is 12.0. The summed E-state index contributed by atoms with van der Waals surface area (Å²) in [6, 6.07) is 0. The number of esters is 1. The van der Waals surface area contributed by atoms with Gasteiger partial charge in [-0.25, -0.2) is 4.79 Å². The van der Waals surface area contributed by atoms with E-state index in [1.54, 1.807) is 0 Å². The van der Waals surface area contributed by atoms with Crippen molar-refractivity contribution in [3.8, 4) is 0 Å². The SMILES string of the molecule is C=CC(=O)OCC1(C)OC(C(C)(C)C)OC(OCOC2C3CC4CC(C3)CC2C4)(C(F)(F)F)C1(F)F. The van der Waals surface area contributed by atoms with Gasteiger partial charge >= 0.3 is 23.9 Å². The van der Waals surface area contributed by atoms with E-state index in [0.717, 1.165) is 32.6 Å². The maximum atomic E-state index is 15.9. The van der Waals surface area contributed by atoms with Gasteiger partial charge in [0, 0.05) is 11.5 Å². The fraction of sp³-hybridized carbons (Fsp3) is 0.880. The molecule has 5 aliphatic rings. The van der Waals surface area contributed by atoms with Crippen molar-refractivity contribution in [2.75, 3.05) is 13.4 Å². The van der Waals surface area contributed by atoms with E-state index in [1.165, 1.54) is 27.2 Å². The molecule has 1 heterocycles. The molecule has 36 heavy (non-hydrogen) atoms. The fourth-order valence-corrected chi connectivity index (χ4v) is 6.45. The van der Waals surface area contributed by atoms with E-state index in [9.17, 15) is 18.0 Å². The maximum Gasteiger partial charge on any atom is 0.450 e. The number of rotatable bonds is 7. The first-order valence-electron chi connectivity index (χ1n) is 12.4. The highest BCUT2D eigenvalue weighted by atomic mass is 19.4. The smallest absolute Gasteiger partial charge is 0.450 e. The first-order chi connectivity index (χ1) is 16.5. The van der Waals surface area contributed by atoms with Gasteiger partial charge in [-0.3, -0.25) is 0 Å². The molecule has 5 rings (SSSR count). The van der Waals surface area contributed by atoms with Crippen LogP contribution in [-0.2, 0) is 28.5 Å². The van der Waals surface area contributed by atoms with Gasteiger partial charge in [-0.2, -0.15) is 22.0 Å². The van der Waals surface area contributed by atoms with Crippen LogP contribution < -0.4 is 0 Å². The molecule has 1 saturated heterocycles. The summed E-state index contributed by atoms with van der Waals surface area (Å²) in [7, 11) is 0. The number of alkyl halides is 5. The Balaban J connectivity index is 1.60. The molecule has 0 aromatic carbocycles. The minimum atomic E-state index is -5.68. The van der Waals surface area contributed by atoms with E-state index in [0.29, 0.717) is 17.9 Å². The van der Waals surface area contributed by atoms with Gasteiger partial charge in [0.1, 0.15) is 6.61 Å². The van der Waals surface area contributed by atoms with E-state index in [1.807, 2.05) is 0 Å².